The Balaban J connectivity index is 1.79. The van der Waals surface area contributed by atoms with E-state index in [-0.39, 0.29) is 17.9 Å². The van der Waals surface area contributed by atoms with Gasteiger partial charge in [0.25, 0.3) is 0 Å². The van der Waals surface area contributed by atoms with Gasteiger partial charge in [-0.05, 0) is 47.8 Å². The number of aryl methyl sites for hydroxylation is 1. The van der Waals surface area contributed by atoms with Crippen molar-refractivity contribution >= 4 is 39.1 Å². The number of carbonyl (C=O) groups excluding carboxylic acids is 2. The number of hydrogen-bond donors (Lipinski definition) is 1. The third-order valence-electron chi connectivity index (χ3n) is 3.26. The lowest BCUT2D eigenvalue weighted by molar-refractivity contribution is -0.142. The predicted molar refractivity (Wildman–Crippen MR) is 79.1 cm³/mol. The molecule has 1 aliphatic rings. The molecule has 2 rings (SSSR count). The molecule has 19 heavy (non-hydrogen) atoms. The summed E-state index contributed by atoms with van der Waals surface area (Å²) in [7, 11) is 0. The molecule has 1 saturated heterocycles. The maximum Gasteiger partial charge on any atom is 0.242 e. The first-order valence-corrected chi connectivity index (χ1v) is 8.00. The van der Waals surface area contributed by atoms with E-state index in [0.717, 1.165) is 16.6 Å². The summed E-state index contributed by atoms with van der Waals surface area (Å²) in [4.78, 5) is 26.6. The zero-order valence-corrected chi connectivity index (χ0v) is 13.2. The average Bonchev–Trinajstić information content (AvgIpc) is 2.78. The van der Waals surface area contributed by atoms with Gasteiger partial charge in [0.05, 0.1) is 3.79 Å². The number of nitrogens with one attached hydrogen (secondary N) is 1. The van der Waals surface area contributed by atoms with Gasteiger partial charge >= 0.3 is 0 Å². The van der Waals surface area contributed by atoms with Gasteiger partial charge in [0.2, 0.25) is 11.8 Å². The molecule has 1 aromatic rings. The van der Waals surface area contributed by atoms with E-state index in [9.17, 15) is 9.59 Å². The maximum atomic E-state index is 12.1. The number of piperazine rings is 1. The van der Waals surface area contributed by atoms with Crippen LogP contribution >= 0.6 is 27.3 Å². The van der Waals surface area contributed by atoms with Crippen LogP contribution in [0.2, 0.25) is 0 Å². The summed E-state index contributed by atoms with van der Waals surface area (Å²) in [6, 6.07) is 3.77. The number of nitrogens with zero attached hydrogens (tertiary/aromatic N) is 1. The van der Waals surface area contributed by atoms with Crippen LogP contribution in [-0.4, -0.2) is 35.8 Å². The molecular formula is C13H17BrN2O2S. The standard InChI is InChI=1S/C13H17BrN2O2S/c1-9-13(18)15-7-8-16(9)12(17)4-2-3-10-5-6-11(14)19-10/h5-6,9H,2-4,7-8H2,1H3,(H,15,18). The first kappa shape index (κ1) is 14.5. The van der Waals surface area contributed by atoms with Gasteiger partial charge in [0, 0.05) is 24.4 Å². The number of halogens is 1. The SMILES string of the molecule is CC1C(=O)NCCN1C(=O)CCCc1ccc(Br)s1. The van der Waals surface area contributed by atoms with E-state index in [4.69, 9.17) is 0 Å². The zero-order chi connectivity index (χ0) is 13.8. The number of hydrogen-bond acceptors (Lipinski definition) is 3. The van der Waals surface area contributed by atoms with Crippen molar-refractivity contribution in [3.05, 3.63) is 20.8 Å². The summed E-state index contributed by atoms with van der Waals surface area (Å²) in [5.41, 5.74) is 0. The zero-order valence-electron chi connectivity index (χ0n) is 10.8. The second kappa shape index (κ2) is 6.52. The lowest BCUT2D eigenvalue weighted by Crippen LogP contribution is -2.55. The summed E-state index contributed by atoms with van der Waals surface area (Å²) >= 11 is 5.13. The Bertz CT molecular complexity index is 475. The highest BCUT2D eigenvalue weighted by atomic mass is 79.9. The lowest BCUT2D eigenvalue weighted by atomic mass is 10.1. The summed E-state index contributed by atoms with van der Waals surface area (Å²) in [6.07, 6.45) is 2.25. The molecule has 1 N–H and O–H groups in total. The highest BCUT2D eigenvalue weighted by Crippen LogP contribution is 2.23. The minimum absolute atomic E-state index is 0.0539. The van der Waals surface area contributed by atoms with Crippen molar-refractivity contribution in [2.24, 2.45) is 0 Å². The first-order chi connectivity index (χ1) is 9.08. The van der Waals surface area contributed by atoms with Crippen LogP contribution in [0, 0.1) is 0 Å². The molecular weight excluding hydrogens is 328 g/mol. The molecule has 2 amide bonds. The van der Waals surface area contributed by atoms with E-state index >= 15 is 0 Å². The molecule has 104 valence electrons. The largest absolute Gasteiger partial charge is 0.353 e. The molecule has 0 radical (unpaired) electrons. The Kier molecular flexibility index (Phi) is 4.99. The molecule has 1 fully saturated rings. The van der Waals surface area contributed by atoms with Crippen LogP contribution in [0.1, 0.15) is 24.6 Å². The van der Waals surface area contributed by atoms with Crippen LogP contribution in [0.25, 0.3) is 0 Å². The van der Waals surface area contributed by atoms with Crippen LogP contribution in [0.5, 0.6) is 0 Å². The van der Waals surface area contributed by atoms with E-state index in [1.54, 1.807) is 23.2 Å². The van der Waals surface area contributed by atoms with Crippen LogP contribution in [0.3, 0.4) is 0 Å². The number of thiophene rings is 1. The van der Waals surface area contributed by atoms with E-state index in [2.05, 4.69) is 27.3 Å². The van der Waals surface area contributed by atoms with Gasteiger partial charge in [-0.3, -0.25) is 9.59 Å². The number of carbonyl (C=O) groups is 2. The van der Waals surface area contributed by atoms with Crippen LogP contribution in [0.4, 0.5) is 0 Å². The second-order valence-electron chi connectivity index (χ2n) is 4.61. The lowest BCUT2D eigenvalue weighted by Gasteiger charge is -2.32. The van der Waals surface area contributed by atoms with E-state index in [0.29, 0.717) is 19.5 Å². The van der Waals surface area contributed by atoms with Gasteiger partial charge in [-0.25, -0.2) is 0 Å². The minimum Gasteiger partial charge on any atom is -0.353 e. The van der Waals surface area contributed by atoms with Crippen molar-refractivity contribution in [1.29, 1.82) is 0 Å². The molecule has 6 heteroatoms. The summed E-state index contributed by atoms with van der Waals surface area (Å²) in [5, 5.41) is 2.76. The smallest absolute Gasteiger partial charge is 0.242 e. The molecule has 0 saturated carbocycles. The summed E-state index contributed by atoms with van der Waals surface area (Å²) in [5.74, 6) is 0.0276. The summed E-state index contributed by atoms with van der Waals surface area (Å²) < 4.78 is 1.12. The highest BCUT2D eigenvalue weighted by Gasteiger charge is 2.28. The Morgan fingerprint density at radius 2 is 2.37 bits per heavy atom. The molecule has 0 aliphatic carbocycles. The van der Waals surface area contributed by atoms with Crippen molar-refractivity contribution in [2.45, 2.75) is 32.2 Å². The molecule has 4 nitrogen and oxygen atoms in total. The van der Waals surface area contributed by atoms with Gasteiger partial charge in [0.15, 0.2) is 0 Å². The van der Waals surface area contributed by atoms with Gasteiger partial charge in [-0.1, -0.05) is 0 Å². The third-order valence-corrected chi connectivity index (χ3v) is 4.95. The minimum atomic E-state index is -0.336. The fraction of sp³-hybridized carbons (Fsp3) is 0.538. The Hall–Kier alpha value is -0.880. The quantitative estimate of drug-likeness (QED) is 0.909. The Morgan fingerprint density at radius 3 is 3.05 bits per heavy atom. The van der Waals surface area contributed by atoms with Gasteiger partial charge in [-0.15, -0.1) is 11.3 Å². The van der Waals surface area contributed by atoms with Crippen molar-refractivity contribution in [2.75, 3.05) is 13.1 Å². The van der Waals surface area contributed by atoms with Gasteiger partial charge in [-0.2, -0.15) is 0 Å². The van der Waals surface area contributed by atoms with Crippen molar-refractivity contribution in [3.63, 3.8) is 0 Å². The molecule has 0 spiro atoms. The number of rotatable bonds is 4. The highest BCUT2D eigenvalue weighted by molar-refractivity contribution is 9.11. The normalized spacial score (nSPS) is 19.4. The third kappa shape index (κ3) is 3.79. The predicted octanol–water partition coefficient (Wildman–Crippen LogP) is 2.18. The molecule has 1 aromatic heterocycles. The monoisotopic (exact) mass is 344 g/mol. The van der Waals surface area contributed by atoms with E-state index in [1.807, 2.05) is 6.07 Å². The van der Waals surface area contributed by atoms with Gasteiger partial charge < -0.3 is 10.2 Å². The molecule has 0 bridgehead atoms. The molecule has 1 atom stereocenters. The van der Waals surface area contributed by atoms with E-state index in [1.165, 1.54) is 4.88 Å². The fourth-order valence-corrected chi connectivity index (χ4v) is 3.69. The van der Waals surface area contributed by atoms with Crippen molar-refractivity contribution < 1.29 is 9.59 Å². The Morgan fingerprint density at radius 1 is 1.58 bits per heavy atom. The van der Waals surface area contributed by atoms with Crippen molar-refractivity contribution in [1.82, 2.24) is 10.2 Å². The van der Waals surface area contributed by atoms with Gasteiger partial charge in [0.1, 0.15) is 6.04 Å². The van der Waals surface area contributed by atoms with Crippen LogP contribution < -0.4 is 5.32 Å². The maximum absolute atomic E-state index is 12.1. The van der Waals surface area contributed by atoms with E-state index < -0.39 is 0 Å². The molecule has 1 aliphatic heterocycles. The molecule has 0 aromatic carbocycles. The first-order valence-electron chi connectivity index (χ1n) is 6.39. The van der Waals surface area contributed by atoms with Crippen molar-refractivity contribution in [3.8, 4) is 0 Å². The van der Waals surface area contributed by atoms with Crippen LogP contribution in [0.15, 0.2) is 15.9 Å². The van der Waals surface area contributed by atoms with Crippen LogP contribution in [-0.2, 0) is 16.0 Å². The molecule has 2 heterocycles. The topological polar surface area (TPSA) is 49.4 Å². The Labute approximate surface area is 125 Å². The summed E-state index contributed by atoms with van der Waals surface area (Å²) in [6.45, 7) is 2.96. The second-order valence-corrected chi connectivity index (χ2v) is 7.16. The fourth-order valence-electron chi connectivity index (χ4n) is 2.17. The molecule has 1 unspecified atom stereocenters. The average molecular weight is 345 g/mol. The number of amides is 2.